The second-order valence-electron chi connectivity index (χ2n) is 6.58. The standard InChI is InChI=1S/C25H21N3O3/c1-31-25(30)21-14-8-9-15-22(21)28-24(29)20(16-26)17-27-23(18-10-4-2-5-11-18)19-12-6-3-7-13-19/h2-15,17,23,27H,1H3,(H,28,29)/b20-17-. The van der Waals surface area contributed by atoms with Crippen LogP contribution in [0.3, 0.4) is 0 Å². The normalized spacial score (nSPS) is 10.8. The van der Waals surface area contributed by atoms with Gasteiger partial charge in [-0.05, 0) is 23.3 Å². The van der Waals surface area contributed by atoms with Crippen molar-refractivity contribution in [2.45, 2.75) is 6.04 Å². The van der Waals surface area contributed by atoms with Crippen molar-refractivity contribution in [1.29, 1.82) is 5.26 Å². The molecule has 3 rings (SSSR count). The Morgan fingerprint density at radius 3 is 2.00 bits per heavy atom. The van der Waals surface area contributed by atoms with Crippen LogP contribution >= 0.6 is 0 Å². The number of rotatable bonds is 7. The van der Waals surface area contributed by atoms with Gasteiger partial charge >= 0.3 is 5.97 Å². The molecule has 6 nitrogen and oxygen atoms in total. The number of carbonyl (C=O) groups excluding carboxylic acids is 2. The number of carbonyl (C=O) groups is 2. The molecule has 2 N–H and O–H groups in total. The third-order valence-electron chi connectivity index (χ3n) is 4.61. The summed E-state index contributed by atoms with van der Waals surface area (Å²) in [5.41, 5.74) is 2.31. The third-order valence-corrected chi connectivity index (χ3v) is 4.61. The van der Waals surface area contributed by atoms with Crippen LogP contribution in [-0.2, 0) is 9.53 Å². The highest BCUT2D eigenvalue weighted by atomic mass is 16.5. The molecule has 3 aromatic rings. The summed E-state index contributed by atoms with van der Waals surface area (Å²) in [4.78, 5) is 24.6. The largest absolute Gasteiger partial charge is 0.465 e. The number of amides is 1. The van der Waals surface area contributed by atoms with E-state index in [4.69, 9.17) is 4.74 Å². The van der Waals surface area contributed by atoms with Crippen molar-refractivity contribution >= 4 is 17.6 Å². The number of hydrogen-bond donors (Lipinski definition) is 2. The van der Waals surface area contributed by atoms with Gasteiger partial charge in [-0.2, -0.15) is 5.26 Å². The fourth-order valence-electron chi connectivity index (χ4n) is 3.06. The molecule has 0 aromatic heterocycles. The first-order valence-electron chi connectivity index (χ1n) is 9.59. The minimum atomic E-state index is -0.633. The van der Waals surface area contributed by atoms with Gasteiger partial charge in [-0.3, -0.25) is 4.79 Å². The first-order chi connectivity index (χ1) is 15.1. The number of anilines is 1. The van der Waals surface area contributed by atoms with E-state index in [0.717, 1.165) is 11.1 Å². The number of ether oxygens (including phenoxy) is 1. The van der Waals surface area contributed by atoms with Gasteiger partial charge in [0, 0.05) is 6.20 Å². The second kappa shape index (κ2) is 10.4. The molecule has 0 aliphatic heterocycles. The molecule has 0 unspecified atom stereocenters. The minimum Gasteiger partial charge on any atom is -0.465 e. The number of hydrogen-bond acceptors (Lipinski definition) is 5. The maximum absolute atomic E-state index is 12.7. The van der Waals surface area contributed by atoms with Gasteiger partial charge in [-0.1, -0.05) is 72.8 Å². The van der Waals surface area contributed by atoms with E-state index in [-0.39, 0.29) is 22.9 Å². The van der Waals surface area contributed by atoms with Gasteiger partial charge in [-0.15, -0.1) is 0 Å². The second-order valence-corrected chi connectivity index (χ2v) is 6.58. The zero-order valence-corrected chi connectivity index (χ0v) is 16.9. The van der Waals surface area contributed by atoms with Crippen LogP contribution < -0.4 is 10.6 Å². The highest BCUT2D eigenvalue weighted by Crippen LogP contribution is 2.22. The van der Waals surface area contributed by atoms with Gasteiger partial charge < -0.3 is 15.4 Å². The summed E-state index contributed by atoms with van der Waals surface area (Å²) in [5.74, 6) is -1.21. The van der Waals surface area contributed by atoms with Crippen LogP contribution in [0.1, 0.15) is 27.5 Å². The number of nitrogens with one attached hydrogen (secondary N) is 2. The molecule has 154 valence electrons. The molecular formula is C25H21N3O3. The summed E-state index contributed by atoms with van der Waals surface area (Å²) >= 11 is 0. The van der Waals surface area contributed by atoms with Crippen LogP contribution in [0.2, 0.25) is 0 Å². The van der Waals surface area contributed by atoms with Crippen molar-refractivity contribution in [2.75, 3.05) is 12.4 Å². The van der Waals surface area contributed by atoms with Crippen LogP contribution in [0.4, 0.5) is 5.69 Å². The molecule has 0 saturated heterocycles. The van der Waals surface area contributed by atoms with Gasteiger partial charge in [0.15, 0.2) is 0 Å². The minimum absolute atomic E-state index is 0.128. The first kappa shape index (κ1) is 21.3. The van der Waals surface area contributed by atoms with Gasteiger partial charge in [0.1, 0.15) is 11.6 Å². The van der Waals surface area contributed by atoms with E-state index < -0.39 is 11.9 Å². The smallest absolute Gasteiger partial charge is 0.339 e. The average Bonchev–Trinajstić information content (AvgIpc) is 2.83. The molecule has 31 heavy (non-hydrogen) atoms. The molecule has 0 fully saturated rings. The predicted molar refractivity (Wildman–Crippen MR) is 118 cm³/mol. The summed E-state index contributed by atoms with van der Waals surface area (Å²) in [7, 11) is 1.26. The van der Waals surface area contributed by atoms with Gasteiger partial charge in [-0.25, -0.2) is 4.79 Å². The summed E-state index contributed by atoms with van der Waals surface area (Å²) in [5, 5.41) is 15.3. The monoisotopic (exact) mass is 411 g/mol. The SMILES string of the molecule is COC(=O)c1ccccc1NC(=O)/C(C#N)=C\NC(c1ccccc1)c1ccccc1. The zero-order valence-electron chi connectivity index (χ0n) is 16.9. The van der Waals surface area contributed by atoms with Crippen molar-refractivity contribution in [3.8, 4) is 6.07 Å². The summed E-state index contributed by atoms with van der Waals surface area (Å²) in [6, 6.07) is 27.6. The topological polar surface area (TPSA) is 91.2 Å². The Labute approximate surface area is 180 Å². The van der Waals surface area contributed by atoms with E-state index in [1.54, 1.807) is 18.2 Å². The molecule has 0 aliphatic rings. The quantitative estimate of drug-likeness (QED) is 0.345. The van der Waals surface area contributed by atoms with Gasteiger partial charge in [0.25, 0.3) is 5.91 Å². The molecule has 3 aromatic carbocycles. The van der Waals surface area contributed by atoms with Crippen LogP contribution in [0, 0.1) is 11.3 Å². The Hall–Kier alpha value is -4.37. The number of esters is 1. The Balaban J connectivity index is 1.84. The number of nitrogens with zero attached hydrogens (tertiary/aromatic N) is 1. The number of benzene rings is 3. The number of methoxy groups -OCH3 is 1. The zero-order chi connectivity index (χ0) is 22.1. The lowest BCUT2D eigenvalue weighted by Crippen LogP contribution is -2.21. The van der Waals surface area contributed by atoms with Crippen molar-refractivity contribution in [3.63, 3.8) is 0 Å². The Kier molecular flexibility index (Phi) is 7.17. The van der Waals surface area contributed by atoms with E-state index in [0.29, 0.717) is 0 Å². The molecule has 6 heteroatoms. The van der Waals surface area contributed by atoms with Crippen LogP contribution in [0.15, 0.2) is 96.7 Å². The van der Waals surface area contributed by atoms with Crippen molar-refractivity contribution < 1.29 is 14.3 Å². The summed E-state index contributed by atoms with van der Waals surface area (Å²) in [6.07, 6.45) is 1.39. The Bertz CT molecular complexity index is 1080. The van der Waals surface area contributed by atoms with Gasteiger partial charge in [0.05, 0.1) is 24.4 Å². The maximum atomic E-state index is 12.7. The number of nitriles is 1. The highest BCUT2D eigenvalue weighted by Gasteiger charge is 2.17. The van der Waals surface area contributed by atoms with Crippen molar-refractivity contribution in [2.24, 2.45) is 0 Å². The lowest BCUT2D eigenvalue weighted by Gasteiger charge is -2.19. The molecule has 0 saturated carbocycles. The van der Waals surface area contributed by atoms with E-state index in [2.05, 4.69) is 10.6 Å². The lowest BCUT2D eigenvalue weighted by atomic mass is 9.99. The Morgan fingerprint density at radius 1 is 0.903 bits per heavy atom. The Morgan fingerprint density at radius 2 is 1.45 bits per heavy atom. The summed E-state index contributed by atoms with van der Waals surface area (Å²) < 4.78 is 4.74. The molecular weight excluding hydrogens is 390 g/mol. The predicted octanol–water partition coefficient (Wildman–Crippen LogP) is 4.20. The van der Waals surface area contributed by atoms with Crippen LogP contribution in [0.5, 0.6) is 0 Å². The highest BCUT2D eigenvalue weighted by molar-refractivity contribution is 6.09. The van der Waals surface area contributed by atoms with E-state index >= 15 is 0 Å². The van der Waals surface area contributed by atoms with E-state index in [1.807, 2.05) is 66.7 Å². The molecule has 0 bridgehead atoms. The average molecular weight is 411 g/mol. The maximum Gasteiger partial charge on any atom is 0.339 e. The fourth-order valence-corrected chi connectivity index (χ4v) is 3.06. The van der Waals surface area contributed by atoms with Crippen LogP contribution in [-0.4, -0.2) is 19.0 Å². The molecule has 0 radical (unpaired) electrons. The number of para-hydroxylation sites is 1. The first-order valence-corrected chi connectivity index (χ1v) is 9.59. The lowest BCUT2D eigenvalue weighted by molar-refractivity contribution is -0.112. The van der Waals surface area contributed by atoms with Crippen molar-refractivity contribution in [1.82, 2.24) is 5.32 Å². The fraction of sp³-hybridized carbons (Fsp3) is 0.0800. The van der Waals surface area contributed by atoms with Gasteiger partial charge in [0.2, 0.25) is 0 Å². The molecule has 0 heterocycles. The molecule has 0 spiro atoms. The van der Waals surface area contributed by atoms with Crippen LogP contribution in [0.25, 0.3) is 0 Å². The van der Waals surface area contributed by atoms with Crippen molar-refractivity contribution in [3.05, 3.63) is 113 Å². The molecule has 1 amide bonds. The third kappa shape index (κ3) is 5.37. The molecule has 0 atom stereocenters. The van der Waals surface area contributed by atoms with E-state index in [9.17, 15) is 14.9 Å². The van der Waals surface area contributed by atoms with E-state index in [1.165, 1.54) is 19.4 Å². The summed E-state index contributed by atoms with van der Waals surface area (Å²) in [6.45, 7) is 0. The molecule has 0 aliphatic carbocycles.